The number of rotatable bonds is 8. The molecule has 3 amide bonds. The highest BCUT2D eigenvalue weighted by molar-refractivity contribution is 6.22. The maximum Gasteiger partial charge on any atom is 0.326 e. The van der Waals surface area contributed by atoms with Gasteiger partial charge in [-0.3, -0.25) is 24.1 Å². The van der Waals surface area contributed by atoms with Crippen LogP contribution in [0, 0.1) is 0 Å². The summed E-state index contributed by atoms with van der Waals surface area (Å²) in [6, 6.07) is 15.7. The number of amides is 3. The summed E-state index contributed by atoms with van der Waals surface area (Å²) in [7, 11) is 0. The number of esters is 1. The van der Waals surface area contributed by atoms with Crippen molar-refractivity contribution in [3.8, 4) is 0 Å². The zero-order valence-electron chi connectivity index (χ0n) is 16.1. The third kappa shape index (κ3) is 4.68. The van der Waals surface area contributed by atoms with Gasteiger partial charge in [0.15, 0.2) is 6.61 Å². The first-order valence-corrected chi connectivity index (χ1v) is 9.46. The van der Waals surface area contributed by atoms with Crippen molar-refractivity contribution in [2.24, 2.45) is 0 Å². The number of hydrogen-bond donors (Lipinski definition) is 1. The highest BCUT2D eigenvalue weighted by atomic mass is 16.5. The topological polar surface area (TPSA) is 92.8 Å². The molecule has 0 fully saturated rings. The summed E-state index contributed by atoms with van der Waals surface area (Å²) in [5.41, 5.74) is 1.49. The van der Waals surface area contributed by atoms with Gasteiger partial charge >= 0.3 is 5.97 Å². The fourth-order valence-corrected chi connectivity index (χ4v) is 3.24. The Morgan fingerprint density at radius 3 is 2.14 bits per heavy atom. The third-order valence-corrected chi connectivity index (χ3v) is 4.64. The number of hydrogen-bond acceptors (Lipinski definition) is 5. The van der Waals surface area contributed by atoms with Gasteiger partial charge in [-0.15, -0.1) is 0 Å². The van der Waals surface area contributed by atoms with Crippen LogP contribution in [0.3, 0.4) is 0 Å². The summed E-state index contributed by atoms with van der Waals surface area (Å²) >= 11 is 0. The van der Waals surface area contributed by atoms with E-state index in [1.807, 2.05) is 37.3 Å². The SMILES string of the molecule is CCC[C@@H](NC(=O)COC(=O)CN1C(=O)c2ccccc2C1=O)c1ccccc1. The van der Waals surface area contributed by atoms with E-state index >= 15 is 0 Å². The van der Waals surface area contributed by atoms with Crippen LogP contribution < -0.4 is 5.32 Å². The quantitative estimate of drug-likeness (QED) is 0.548. The molecule has 7 nitrogen and oxygen atoms in total. The fraction of sp³-hybridized carbons (Fsp3) is 0.273. The molecule has 1 atom stereocenters. The van der Waals surface area contributed by atoms with Crippen LogP contribution in [-0.4, -0.2) is 41.7 Å². The van der Waals surface area contributed by atoms with Gasteiger partial charge < -0.3 is 10.1 Å². The Balaban J connectivity index is 1.52. The van der Waals surface area contributed by atoms with E-state index < -0.39 is 36.8 Å². The van der Waals surface area contributed by atoms with E-state index in [9.17, 15) is 19.2 Å². The molecule has 0 bridgehead atoms. The molecule has 0 spiro atoms. The van der Waals surface area contributed by atoms with E-state index in [1.165, 1.54) is 12.1 Å². The number of nitrogens with zero attached hydrogens (tertiary/aromatic N) is 1. The van der Waals surface area contributed by atoms with Gasteiger partial charge in [-0.2, -0.15) is 0 Å². The Hall–Kier alpha value is -3.48. The van der Waals surface area contributed by atoms with Gasteiger partial charge in [0, 0.05) is 0 Å². The fourth-order valence-electron chi connectivity index (χ4n) is 3.24. The second-order valence-corrected chi connectivity index (χ2v) is 6.72. The predicted octanol–water partition coefficient (Wildman–Crippen LogP) is 2.48. The van der Waals surface area contributed by atoms with Gasteiger partial charge in [-0.25, -0.2) is 0 Å². The van der Waals surface area contributed by atoms with Crippen LogP contribution in [0.15, 0.2) is 54.6 Å². The average molecular weight is 394 g/mol. The van der Waals surface area contributed by atoms with Crippen LogP contribution in [0.5, 0.6) is 0 Å². The van der Waals surface area contributed by atoms with Gasteiger partial charge in [0.05, 0.1) is 17.2 Å². The van der Waals surface area contributed by atoms with Crippen LogP contribution in [0.2, 0.25) is 0 Å². The minimum atomic E-state index is -0.818. The zero-order chi connectivity index (χ0) is 20.8. The van der Waals surface area contributed by atoms with E-state index in [4.69, 9.17) is 4.74 Å². The Labute approximate surface area is 168 Å². The number of benzene rings is 2. The van der Waals surface area contributed by atoms with Crippen molar-refractivity contribution in [2.75, 3.05) is 13.2 Å². The average Bonchev–Trinajstić information content (AvgIpc) is 2.98. The van der Waals surface area contributed by atoms with Crippen molar-refractivity contribution in [1.82, 2.24) is 10.2 Å². The highest BCUT2D eigenvalue weighted by Gasteiger charge is 2.36. The number of fused-ring (bicyclic) bond motifs is 1. The van der Waals surface area contributed by atoms with Crippen LogP contribution in [0.1, 0.15) is 52.1 Å². The maximum absolute atomic E-state index is 12.3. The van der Waals surface area contributed by atoms with E-state index in [0.29, 0.717) is 0 Å². The molecular weight excluding hydrogens is 372 g/mol. The lowest BCUT2D eigenvalue weighted by Gasteiger charge is -2.19. The highest BCUT2D eigenvalue weighted by Crippen LogP contribution is 2.22. The molecule has 29 heavy (non-hydrogen) atoms. The Bertz CT molecular complexity index is 891. The van der Waals surface area contributed by atoms with E-state index in [0.717, 1.165) is 23.3 Å². The second-order valence-electron chi connectivity index (χ2n) is 6.72. The van der Waals surface area contributed by atoms with Crippen LogP contribution >= 0.6 is 0 Å². The molecule has 0 aliphatic carbocycles. The molecule has 2 aromatic carbocycles. The van der Waals surface area contributed by atoms with Gasteiger partial charge in [0.25, 0.3) is 17.7 Å². The molecule has 0 radical (unpaired) electrons. The third-order valence-electron chi connectivity index (χ3n) is 4.64. The molecular formula is C22H22N2O5. The molecule has 0 aromatic heterocycles. The number of imide groups is 1. The molecule has 2 aromatic rings. The van der Waals surface area contributed by atoms with E-state index in [2.05, 4.69) is 5.32 Å². The number of nitrogens with one attached hydrogen (secondary N) is 1. The van der Waals surface area contributed by atoms with Crippen LogP contribution in [-0.2, 0) is 14.3 Å². The monoisotopic (exact) mass is 394 g/mol. The van der Waals surface area contributed by atoms with Crippen LogP contribution in [0.25, 0.3) is 0 Å². The molecule has 1 heterocycles. The minimum Gasteiger partial charge on any atom is -0.454 e. The van der Waals surface area contributed by atoms with Crippen molar-refractivity contribution < 1.29 is 23.9 Å². The first kappa shape index (κ1) is 20.3. The van der Waals surface area contributed by atoms with E-state index in [1.54, 1.807) is 12.1 Å². The molecule has 1 aliphatic rings. The summed E-state index contributed by atoms with van der Waals surface area (Å²) < 4.78 is 4.98. The minimum absolute atomic E-state index is 0.177. The largest absolute Gasteiger partial charge is 0.454 e. The first-order valence-electron chi connectivity index (χ1n) is 9.46. The molecule has 0 saturated heterocycles. The van der Waals surface area contributed by atoms with Crippen molar-refractivity contribution in [3.63, 3.8) is 0 Å². The molecule has 1 N–H and O–H groups in total. The van der Waals surface area contributed by atoms with Crippen molar-refractivity contribution in [1.29, 1.82) is 0 Å². The lowest BCUT2D eigenvalue weighted by atomic mass is 10.0. The summed E-state index contributed by atoms with van der Waals surface area (Å²) in [5, 5.41) is 2.85. The van der Waals surface area contributed by atoms with Crippen molar-refractivity contribution in [3.05, 3.63) is 71.3 Å². The second kappa shape index (κ2) is 9.14. The summed E-state index contributed by atoms with van der Waals surface area (Å²) in [6.07, 6.45) is 1.62. The van der Waals surface area contributed by atoms with Crippen molar-refractivity contribution >= 4 is 23.7 Å². The summed E-state index contributed by atoms with van der Waals surface area (Å²) in [6.45, 7) is 1.01. The van der Waals surface area contributed by atoms with E-state index in [-0.39, 0.29) is 17.2 Å². The van der Waals surface area contributed by atoms with Crippen molar-refractivity contribution in [2.45, 2.75) is 25.8 Å². The normalized spacial score (nSPS) is 13.8. The molecule has 0 unspecified atom stereocenters. The van der Waals surface area contributed by atoms with Gasteiger partial charge in [-0.1, -0.05) is 55.8 Å². The number of carbonyl (C=O) groups excluding carboxylic acids is 4. The smallest absolute Gasteiger partial charge is 0.326 e. The first-order chi connectivity index (χ1) is 14.0. The number of ether oxygens (including phenoxy) is 1. The number of carbonyl (C=O) groups is 4. The van der Waals surface area contributed by atoms with Crippen LogP contribution in [0.4, 0.5) is 0 Å². The van der Waals surface area contributed by atoms with Gasteiger partial charge in [0.1, 0.15) is 6.54 Å². The lowest BCUT2D eigenvalue weighted by molar-refractivity contribution is -0.148. The molecule has 1 aliphatic heterocycles. The Morgan fingerprint density at radius 2 is 1.55 bits per heavy atom. The van der Waals surface area contributed by atoms with Gasteiger partial charge in [0.2, 0.25) is 0 Å². The zero-order valence-corrected chi connectivity index (χ0v) is 16.1. The molecule has 0 saturated carbocycles. The molecule has 7 heteroatoms. The summed E-state index contributed by atoms with van der Waals surface area (Å²) in [5.74, 6) is -2.34. The predicted molar refractivity (Wildman–Crippen MR) is 105 cm³/mol. The Kier molecular flexibility index (Phi) is 6.39. The molecule has 150 valence electrons. The van der Waals surface area contributed by atoms with Gasteiger partial charge in [-0.05, 0) is 24.1 Å². The Morgan fingerprint density at radius 1 is 0.966 bits per heavy atom. The molecule has 3 rings (SSSR count). The summed E-state index contributed by atoms with van der Waals surface area (Å²) in [4.78, 5) is 49.7. The standard InChI is InChI=1S/C22H22N2O5/c1-2-8-18(15-9-4-3-5-10-15)23-19(25)14-29-20(26)13-24-21(27)16-11-6-7-12-17(16)22(24)28/h3-7,9-12,18H,2,8,13-14H2,1H3,(H,23,25)/t18-/m1/s1. The lowest BCUT2D eigenvalue weighted by Crippen LogP contribution is -2.37. The maximum atomic E-state index is 12.3.